The standard InChI is InChI=1S/C11H13ClFNS/c12-10-6-8(13)3-4-11(10)14-9-2-1-5-15-7-9/h3-4,6,9,14H,1-2,5,7H2. The fraction of sp³-hybridized carbons (Fsp3) is 0.455. The molecule has 0 aliphatic carbocycles. The lowest BCUT2D eigenvalue weighted by atomic mass is 10.1. The van der Waals surface area contributed by atoms with Gasteiger partial charge in [0.15, 0.2) is 0 Å². The predicted molar refractivity (Wildman–Crippen MR) is 65.4 cm³/mol. The van der Waals surface area contributed by atoms with Crippen LogP contribution < -0.4 is 5.32 Å². The fourth-order valence-electron chi connectivity index (χ4n) is 1.68. The van der Waals surface area contributed by atoms with Crippen molar-refractivity contribution in [2.24, 2.45) is 0 Å². The normalized spacial score (nSPS) is 21.3. The van der Waals surface area contributed by atoms with Gasteiger partial charge in [-0.1, -0.05) is 11.6 Å². The first-order chi connectivity index (χ1) is 7.25. The number of anilines is 1. The molecule has 1 aliphatic heterocycles. The average molecular weight is 246 g/mol. The Morgan fingerprint density at radius 3 is 3.00 bits per heavy atom. The molecule has 1 unspecified atom stereocenters. The highest BCUT2D eigenvalue weighted by molar-refractivity contribution is 7.99. The summed E-state index contributed by atoms with van der Waals surface area (Å²) in [4.78, 5) is 0. The van der Waals surface area contributed by atoms with E-state index in [9.17, 15) is 4.39 Å². The quantitative estimate of drug-likeness (QED) is 0.851. The molecule has 0 spiro atoms. The summed E-state index contributed by atoms with van der Waals surface area (Å²) in [5.41, 5.74) is 0.838. The van der Waals surface area contributed by atoms with E-state index in [1.807, 2.05) is 11.8 Å². The molecular formula is C11H13ClFNS. The maximum absolute atomic E-state index is 12.8. The Morgan fingerprint density at radius 2 is 2.33 bits per heavy atom. The molecule has 1 aromatic rings. The van der Waals surface area contributed by atoms with E-state index in [1.165, 1.54) is 30.7 Å². The molecule has 1 aromatic carbocycles. The molecule has 0 amide bonds. The van der Waals surface area contributed by atoms with Gasteiger partial charge in [-0.15, -0.1) is 0 Å². The molecular weight excluding hydrogens is 233 g/mol. The maximum atomic E-state index is 12.8. The van der Waals surface area contributed by atoms with Gasteiger partial charge >= 0.3 is 0 Å². The number of thioether (sulfide) groups is 1. The Labute approximate surface area is 98.4 Å². The van der Waals surface area contributed by atoms with E-state index in [-0.39, 0.29) is 5.82 Å². The highest BCUT2D eigenvalue weighted by Gasteiger charge is 2.14. The highest BCUT2D eigenvalue weighted by Crippen LogP contribution is 2.26. The van der Waals surface area contributed by atoms with E-state index in [1.54, 1.807) is 6.07 Å². The van der Waals surface area contributed by atoms with Gasteiger partial charge < -0.3 is 5.32 Å². The molecule has 0 bridgehead atoms. The minimum Gasteiger partial charge on any atom is -0.380 e. The van der Waals surface area contributed by atoms with Crippen molar-refractivity contribution in [2.45, 2.75) is 18.9 Å². The topological polar surface area (TPSA) is 12.0 Å². The molecule has 0 saturated carbocycles. The smallest absolute Gasteiger partial charge is 0.124 e. The third kappa shape index (κ3) is 3.02. The van der Waals surface area contributed by atoms with Gasteiger partial charge in [0.1, 0.15) is 5.82 Å². The molecule has 1 atom stereocenters. The van der Waals surface area contributed by atoms with Crippen LogP contribution in [0.2, 0.25) is 5.02 Å². The van der Waals surface area contributed by atoms with Crippen LogP contribution >= 0.6 is 23.4 Å². The van der Waals surface area contributed by atoms with Gasteiger partial charge in [-0.3, -0.25) is 0 Å². The number of nitrogens with one attached hydrogen (secondary N) is 1. The van der Waals surface area contributed by atoms with E-state index in [0.717, 1.165) is 11.4 Å². The minimum absolute atomic E-state index is 0.288. The van der Waals surface area contributed by atoms with Crippen molar-refractivity contribution in [3.63, 3.8) is 0 Å². The number of hydrogen-bond acceptors (Lipinski definition) is 2. The van der Waals surface area contributed by atoms with Crippen molar-refractivity contribution in [1.29, 1.82) is 0 Å². The Kier molecular flexibility index (Phi) is 3.76. The molecule has 1 aliphatic rings. The fourth-order valence-corrected chi connectivity index (χ4v) is 2.97. The lowest BCUT2D eigenvalue weighted by Crippen LogP contribution is -2.25. The third-order valence-electron chi connectivity index (χ3n) is 2.45. The lowest BCUT2D eigenvalue weighted by Gasteiger charge is -2.24. The van der Waals surface area contributed by atoms with Crippen LogP contribution in [0.1, 0.15) is 12.8 Å². The Balaban J connectivity index is 2.03. The summed E-state index contributed by atoms with van der Waals surface area (Å²) in [6, 6.07) is 4.95. The first-order valence-electron chi connectivity index (χ1n) is 5.05. The molecule has 0 radical (unpaired) electrons. The molecule has 4 heteroatoms. The predicted octanol–water partition coefficient (Wildman–Crippen LogP) is 3.79. The summed E-state index contributed by atoms with van der Waals surface area (Å²) in [7, 11) is 0. The van der Waals surface area contributed by atoms with Crippen LogP contribution in [-0.4, -0.2) is 17.5 Å². The molecule has 1 N–H and O–H groups in total. The van der Waals surface area contributed by atoms with E-state index in [0.29, 0.717) is 11.1 Å². The second-order valence-electron chi connectivity index (χ2n) is 3.68. The zero-order valence-corrected chi connectivity index (χ0v) is 9.87. The van der Waals surface area contributed by atoms with Gasteiger partial charge in [-0.05, 0) is 36.8 Å². The molecule has 0 aromatic heterocycles. The second-order valence-corrected chi connectivity index (χ2v) is 5.24. The number of hydrogen-bond donors (Lipinski definition) is 1. The highest BCUT2D eigenvalue weighted by atomic mass is 35.5. The maximum Gasteiger partial charge on any atom is 0.124 e. The van der Waals surface area contributed by atoms with Gasteiger partial charge in [-0.25, -0.2) is 4.39 Å². The number of benzene rings is 1. The Bertz CT molecular complexity index is 339. The Morgan fingerprint density at radius 1 is 1.47 bits per heavy atom. The molecule has 1 saturated heterocycles. The van der Waals surface area contributed by atoms with Crippen LogP contribution in [0.5, 0.6) is 0 Å². The van der Waals surface area contributed by atoms with Crippen molar-refractivity contribution >= 4 is 29.1 Å². The number of rotatable bonds is 2. The van der Waals surface area contributed by atoms with Crippen LogP contribution in [0.4, 0.5) is 10.1 Å². The molecule has 1 heterocycles. The molecule has 1 nitrogen and oxygen atoms in total. The van der Waals surface area contributed by atoms with Crippen LogP contribution in [0.3, 0.4) is 0 Å². The van der Waals surface area contributed by atoms with Crippen LogP contribution in [0.15, 0.2) is 18.2 Å². The van der Waals surface area contributed by atoms with Crippen molar-refractivity contribution in [2.75, 3.05) is 16.8 Å². The number of halogens is 2. The van der Waals surface area contributed by atoms with Crippen molar-refractivity contribution < 1.29 is 4.39 Å². The first kappa shape index (κ1) is 11.1. The van der Waals surface area contributed by atoms with E-state index in [4.69, 9.17) is 11.6 Å². The van der Waals surface area contributed by atoms with E-state index >= 15 is 0 Å². The zero-order chi connectivity index (χ0) is 10.7. The van der Waals surface area contributed by atoms with E-state index in [2.05, 4.69) is 5.32 Å². The summed E-state index contributed by atoms with van der Waals surface area (Å²) < 4.78 is 12.8. The van der Waals surface area contributed by atoms with E-state index < -0.39 is 0 Å². The third-order valence-corrected chi connectivity index (χ3v) is 3.98. The van der Waals surface area contributed by atoms with Crippen LogP contribution in [0, 0.1) is 5.82 Å². The zero-order valence-electron chi connectivity index (χ0n) is 8.30. The van der Waals surface area contributed by atoms with Crippen molar-refractivity contribution in [1.82, 2.24) is 0 Å². The van der Waals surface area contributed by atoms with Crippen molar-refractivity contribution in [3.8, 4) is 0 Å². The van der Waals surface area contributed by atoms with Crippen molar-refractivity contribution in [3.05, 3.63) is 29.0 Å². The molecule has 2 rings (SSSR count). The lowest BCUT2D eigenvalue weighted by molar-refractivity contribution is 0.627. The van der Waals surface area contributed by atoms with Crippen LogP contribution in [0.25, 0.3) is 0 Å². The summed E-state index contributed by atoms with van der Waals surface area (Å²) in [5.74, 6) is 2.06. The summed E-state index contributed by atoms with van der Waals surface area (Å²) >= 11 is 7.89. The molecule has 15 heavy (non-hydrogen) atoms. The summed E-state index contributed by atoms with van der Waals surface area (Å²) in [6.45, 7) is 0. The minimum atomic E-state index is -0.288. The summed E-state index contributed by atoms with van der Waals surface area (Å²) in [5, 5.41) is 3.82. The molecule has 1 fully saturated rings. The van der Waals surface area contributed by atoms with Gasteiger partial charge in [0.05, 0.1) is 10.7 Å². The second kappa shape index (κ2) is 5.08. The van der Waals surface area contributed by atoms with Gasteiger partial charge in [-0.2, -0.15) is 11.8 Å². The van der Waals surface area contributed by atoms with Crippen LogP contribution in [-0.2, 0) is 0 Å². The Hall–Kier alpha value is -0.410. The summed E-state index contributed by atoms with van der Waals surface area (Å²) in [6.07, 6.45) is 2.40. The monoisotopic (exact) mass is 245 g/mol. The largest absolute Gasteiger partial charge is 0.380 e. The SMILES string of the molecule is Fc1ccc(NC2CCCSC2)c(Cl)c1. The average Bonchev–Trinajstić information content (AvgIpc) is 2.24. The van der Waals surface area contributed by atoms with Gasteiger partial charge in [0.2, 0.25) is 0 Å². The van der Waals surface area contributed by atoms with Gasteiger partial charge in [0.25, 0.3) is 0 Å². The van der Waals surface area contributed by atoms with Gasteiger partial charge in [0, 0.05) is 11.8 Å². The molecule has 82 valence electrons. The first-order valence-corrected chi connectivity index (χ1v) is 6.58.